The molecule has 3 rings (SSSR count). The molecule has 2 aliphatic rings. The number of nitrogens with zero attached hydrogens (tertiary/aromatic N) is 1. The summed E-state index contributed by atoms with van der Waals surface area (Å²) in [4.78, 5) is 12.2. The number of aryl methyl sites for hydroxylation is 2. The molecule has 4 unspecified atom stereocenters. The number of nitrogens with two attached hydrogens (primary N) is 1. The Morgan fingerprint density at radius 2 is 2.33 bits per heavy atom. The predicted octanol–water partition coefficient (Wildman–Crippen LogP) is -0.129. The van der Waals surface area contributed by atoms with Crippen LogP contribution >= 0.6 is 0 Å². The van der Waals surface area contributed by atoms with E-state index in [2.05, 4.69) is 15.5 Å². The highest BCUT2D eigenvalue weighted by molar-refractivity contribution is 5.96. The number of H-pyrrole nitrogens is 1. The molecule has 18 heavy (non-hydrogen) atoms. The summed E-state index contributed by atoms with van der Waals surface area (Å²) in [5.41, 5.74) is 8.17. The van der Waals surface area contributed by atoms with Crippen molar-refractivity contribution in [2.45, 2.75) is 38.5 Å². The quantitative estimate of drug-likeness (QED) is 0.681. The summed E-state index contributed by atoms with van der Waals surface area (Å²) in [6.45, 7) is 4.40. The third-order valence-electron chi connectivity index (χ3n) is 4.10. The molecule has 4 atom stereocenters. The van der Waals surface area contributed by atoms with Crippen molar-refractivity contribution in [2.24, 2.45) is 11.7 Å². The Kier molecular flexibility index (Phi) is 2.64. The molecule has 2 heterocycles. The van der Waals surface area contributed by atoms with Crippen molar-refractivity contribution in [2.75, 3.05) is 6.61 Å². The average Bonchev–Trinajstić information content (AvgIpc) is 2.91. The summed E-state index contributed by atoms with van der Waals surface area (Å²) < 4.78 is 5.60. The molecular weight excluding hydrogens is 232 g/mol. The Bertz CT molecular complexity index is 465. The highest BCUT2D eigenvalue weighted by Gasteiger charge is 2.52. The molecule has 98 valence electrons. The van der Waals surface area contributed by atoms with Crippen LogP contribution in [0.1, 0.15) is 28.2 Å². The van der Waals surface area contributed by atoms with Gasteiger partial charge in [-0.15, -0.1) is 0 Å². The Morgan fingerprint density at radius 1 is 1.56 bits per heavy atom. The molecule has 1 aliphatic heterocycles. The standard InChI is InChI=1S/C12H18N4O2/c1-5-8(6(2)16-15-5)12(17)14-10-9(13)7-3-4-18-11(7)10/h7,9-11H,3-4,13H2,1-2H3,(H,14,17)(H,15,16). The molecule has 0 bridgehead atoms. The Hall–Kier alpha value is -1.40. The van der Waals surface area contributed by atoms with Gasteiger partial charge in [0, 0.05) is 24.3 Å². The van der Waals surface area contributed by atoms with Gasteiger partial charge in [0.05, 0.1) is 23.4 Å². The van der Waals surface area contributed by atoms with Crippen molar-refractivity contribution in [1.29, 1.82) is 0 Å². The summed E-state index contributed by atoms with van der Waals surface area (Å²) in [5, 5.41) is 9.81. The fraction of sp³-hybridized carbons (Fsp3) is 0.667. The Morgan fingerprint density at radius 3 is 3.00 bits per heavy atom. The molecule has 1 aliphatic carbocycles. The average molecular weight is 250 g/mol. The maximum absolute atomic E-state index is 12.2. The lowest BCUT2D eigenvalue weighted by molar-refractivity contribution is -0.0161. The lowest BCUT2D eigenvalue weighted by Crippen LogP contribution is -2.69. The zero-order valence-corrected chi connectivity index (χ0v) is 10.6. The molecule has 4 N–H and O–H groups in total. The summed E-state index contributed by atoms with van der Waals surface area (Å²) in [5.74, 6) is 0.287. The third kappa shape index (κ3) is 1.56. The van der Waals surface area contributed by atoms with E-state index >= 15 is 0 Å². The smallest absolute Gasteiger partial charge is 0.255 e. The van der Waals surface area contributed by atoms with E-state index in [0.717, 1.165) is 18.7 Å². The molecule has 1 aromatic heterocycles. The van der Waals surface area contributed by atoms with Gasteiger partial charge < -0.3 is 15.8 Å². The fourth-order valence-corrected chi connectivity index (χ4v) is 3.04. The van der Waals surface area contributed by atoms with Gasteiger partial charge in [-0.25, -0.2) is 0 Å². The molecule has 0 radical (unpaired) electrons. The molecular formula is C12H18N4O2. The number of aromatic nitrogens is 2. The summed E-state index contributed by atoms with van der Waals surface area (Å²) in [7, 11) is 0. The Labute approximate surface area is 105 Å². The zero-order chi connectivity index (χ0) is 12.9. The first-order valence-electron chi connectivity index (χ1n) is 6.29. The van der Waals surface area contributed by atoms with Gasteiger partial charge in [-0.1, -0.05) is 0 Å². The number of carbonyl (C=O) groups is 1. The van der Waals surface area contributed by atoms with Gasteiger partial charge in [0.15, 0.2) is 0 Å². The molecule has 0 aromatic carbocycles. The molecule has 1 saturated carbocycles. The second kappa shape index (κ2) is 4.07. The van der Waals surface area contributed by atoms with Crippen LogP contribution in [0.4, 0.5) is 0 Å². The van der Waals surface area contributed by atoms with Crippen molar-refractivity contribution in [1.82, 2.24) is 15.5 Å². The molecule has 2 fully saturated rings. The molecule has 6 heteroatoms. The van der Waals surface area contributed by atoms with Crippen molar-refractivity contribution in [3.63, 3.8) is 0 Å². The first kappa shape index (κ1) is 11.7. The zero-order valence-electron chi connectivity index (χ0n) is 10.6. The van der Waals surface area contributed by atoms with E-state index in [4.69, 9.17) is 10.5 Å². The summed E-state index contributed by atoms with van der Waals surface area (Å²) >= 11 is 0. The van der Waals surface area contributed by atoms with Crippen LogP contribution in [0.3, 0.4) is 0 Å². The highest BCUT2D eigenvalue weighted by atomic mass is 16.5. The normalized spacial score (nSPS) is 33.9. The fourth-order valence-electron chi connectivity index (χ4n) is 3.04. The van der Waals surface area contributed by atoms with Crippen LogP contribution in [0.2, 0.25) is 0 Å². The van der Waals surface area contributed by atoms with E-state index in [1.165, 1.54) is 0 Å². The third-order valence-corrected chi connectivity index (χ3v) is 4.10. The van der Waals surface area contributed by atoms with E-state index in [1.807, 2.05) is 13.8 Å². The maximum Gasteiger partial charge on any atom is 0.255 e. The molecule has 1 saturated heterocycles. The van der Waals surface area contributed by atoms with Gasteiger partial charge in [0.25, 0.3) is 5.91 Å². The summed E-state index contributed by atoms with van der Waals surface area (Å²) in [6.07, 6.45) is 1.10. The van der Waals surface area contributed by atoms with E-state index in [-0.39, 0.29) is 24.1 Å². The van der Waals surface area contributed by atoms with Gasteiger partial charge in [0.1, 0.15) is 0 Å². The largest absolute Gasteiger partial charge is 0.376 e. The topological polar surface area (TPSA) is 93.0 Å². The minimum atomic E-state index is -0.117. The minimum Gasteiger partial charge on any atom is -0.376 e. The number of carbonyl (C=O) groups excluding carboxylic acids is 1. The van der Waals surface area contributed by atoms with Gasteiger partial charge >= 0.3 is 0 Å². The number of ether oxygens (including phenoxy) is 1. The van der Waals surface area contributed by atoms with Gasteiger partial charge in [-0.3, -0.25) is 9.89 Å². The maximum atomic E-state index is 12.2. The van der Waals surface area contributed by atoms with Crippen LogP contribution < -0.4 is 11.1 Å². The van der Waals surface area contributed by atoms with Gasteiger partial charge in [-0.2, -0.15) is 5.10 Å². The molecule has 1 amide bonds. The van der Waals surface area contributed by atoms with Crippen LogP contribution in [0.5, 0.6) is 0 Å². The monoisotopic (exact) mass is 250 g/mol. The molecule has 0 spiro atoms. The van der Waals surface area contributed by atoms with Crippen LogP contribution in [-0.4, -0.2) is 40.9 Å². The second-order valence-electron chi connectivity index (χ2n) is 5.17. The highest BCUT2D eigenvalue weighted by Crippen LogP contribution is 2.37. The molecule has 1 aromatic rings. The van der Waals surface area contributed by atoms with Crippen LogP contribution in [-0.2, 0) is 4.74 Å². The van der Waals surface area contributed by atoms with Crippen LogP contribution in [0, 0.1) is 19.8 Å². The van der Waals surface area contributed by atoms with E-state index in [9.17, 15) is 4.79 Å². The lowest BCUT2D eigenvalue weighted by Gasteiger charge is -2.45. The van der Waals surface area contributed by atoms with Crippen molar-refractivity contribution >= 4 is 5.91 Å². The van der Waals surface area contributed by atoms with Crippen molar-refractivity contribution in [3.8, 4) is 0 Å². The van der Waals surface area contributed by atoms with Gasteiger partial charge in [-0.05, 0) is 20.3 Å². The SMILES string of the molecule is Cc1n[nH]c(C)c1C(=O)NC1C(N)C2CCOC21. The first-order valence-corrected chi connectivity index (χ1v) is 6.29. The van der Waals surface area contributed by atoms with E-state index in [0.29, 0.717) is 17.2 Å². The number of aromatic amines is 1. The summed E-state index contributed by atoms with van der Waals surface area (Å²) in [6, 6.07) is -0.0623. The number of rotatable bonds is 2. The van der Waals surface area contributed by atoms with Crippen LogP contribution in [0.15, 0.2) is 0 Å². The number of hydrogen-bond acceptors (Lipinski definition) is 4. The number of amides is 1. The number of nitrogens with one attached hydrogen (secondary N) is 2. The van der Waals surface area contributed by atoms with E-state index in [1.54, 1.807) is 0 Å². The Balaban J connectivity index is 1.72. The van der Waals surface area contributed by atoms with Crippen LogP contribution in [0.25, 0.3) is 0 Å². The minimum absolute atomic E-state index is 0.00830. The van der Waals surface area contributed by atoms with E-state index < -0.39 is 0 Å². The number of fused-ring (bicyclic) bond motifs is 1. The number of hydrogen-bond donors (Lipinski definition) is 3. The van der Waals surface area contributed by atoms with Gasteiger partial charge in [0.2, 0.25) is 0 Å². The lowest BCUT2D eigenvalue weighted by atomic mass is 9.72. The first-order chi connectivity index (χ1) is 8.59. The molecule has 6 nitrogen and oxygen atoms in total. The van der Waals surface area contributed by atoms with Crippen molar-refractivity contribution in [3.05, 3.63) is 17.0 Å². The predicted molar refractivity (Wildman–Crippen MR) is 65.1 cm³/mol. The van der Waals surface area contributed by atoms with Crippen molar-refractivity contribution < 1.29 is 9.53 Å². The second-order valence-corrected chi connectivity index (χ2v) is 5.17.